The number of amides is 2. The zero-order valence-corrected chi connectivity index (χ0v) is 17.2. The summed E-state index contributed by atoms with van der Waals surface area (Å²) in [4.78, 5) is 29.2. The summed E-state index contributed by atoms with van der Waals surface area (Å²) < 4.78 is 5.32. The van der Waals surface area contributed by atoms with Crippen LogP contribution in [0.1, 0.15) is 27.9 Å². The number of benzene rings is 2. The molecular weight excluding hydrogens is 366 g/mol. The highest BCUT2D eigenvalue weighted by molar-refractivity contribution is 5.94. The third kappa shape index (κ3) is 5.81. The number of carbonyl (C=O) groups is 2. The Morgan fingerprint density at radius 1 is 1.03 bits per heavy atom. The summed E-state index contributed by atoms with van der Waals surface area (Å²) in [6, 6.07) is 15.4. The molecule has 1 saturated heterocycles. The molecule has 0 aliphatic carbocycles. The van der Waals surface area contributed by atoms with Crippen molar-refractivity contribution in [3.05, 3.63) is 65.2 Å². The highest BCUT2D eigenvalue weighted by atomic mass is 16.5. The molecule has 1 N–H and O–H groups in total. The molecule has 0 atom stereocenters. The molecule has 0 saturated carbocycles. The number of carbonyl (C=O) groups excluding carboxylic acids is 2. The van der Waals surface area contributed by atoms with Crippen molar-refractivity contribution in [2.75, 3.05) is 39.8 Å². The molecule has 2 aromatic carbocycles. The largest absolute Gasteiger partial charge is 0.496 e. The molecule has 29 heavy (non-hydrogen) atoms. The lowest BCUT2D eigenvalue weighted by molar-refractivity contribution is -0.122. The number of methoxy groups -OCH3 is 1. The lowest BCUT2D eigenvalue weighted by Crippen LogP contribution is -2.40. The van der Waals surface area contributed by atoms with Crippen LogP contribution in [-0.2, 0) is 11.3 Å². The van der Waals surface area contributed by atoms with E-state index >= 15 is 0 Å². The van der Waals surface area contributed by atoms with Crippen LogP contribution in [0.4, 0.5) is 0 Å². The first-order chi connectivity index (χ1) is 14.1. The summed E-state index contributed by atoms with van der Waals surface area (Å²) in [5.74, 6) is 0.818. The van der Waals surface area contributed by atoms with Gasteiger partial charge in [-0.1, -0.05) is 35.9 Å². The summed E-state index contributed by atoms with van der Waals surface area (Å²) in [7, 11) is 1.63. The van der Waals surface area contributed by atoms with Gasteiger partial charge in [-0.25, -0.2) is 0 Å². The van der Waals surface area contributed by atoms with Gasteiger partial charge in [0.2, 0.25) is 5.91 Å². The highest BCUT2D eigenvalue weighted by Gasteiger charge is 2.21. The van der Waals surface area contributed by atoms with E-state index in [-0.39, 0.29) is 11.8 Å². The molecule has 0 aromatic heterocycles. The standard InChI is InChI=1S/C23H29N3O3/c1-18-7-5-9-19(15-18)23(28)26-12-6-11-25(13-14-26)17-22(27)24-16-20-8-3-4-10-21(20)29-2/h3-5,7-10,15H,6,11-14,16-17H2,1-2H3,(H,24,27). The van der Waals surface area contributed by atoms with Crippen LogP contribution in [0.3, 0.4) is 0 Å². The molecule has 6 nitrogen and oxygen atoms in total. The van der Waals surface area contributed by atoms with E-state index < -0.39 is 0 Å². The van der Waals surface area contributed by atoms with Gasteiger partial charge in [-0.15, -0.1) is 0 Å². The maximum atomic E-state index is 12.8. The molecule has 0 unspecified atom stereocenters. The Morgan fingerprint density at radius 2 is 1.86 bits per heavy atom. The van der Waals surface area contributed by atoms with Crippen LogP contribution >= 0.6 is 0 Å². The number of hydrogen-bond acceptors (Lipinski definition) is 4. The fourth-order valence-electron chi connectivity index (χ4n) is 3.59. The van der Waals surface area contributed by atoms with Crippen molar-refractivity contribution in [3.63, 3.8) is 0 Å². The lowest BCUT2D eigenvalue weighted by atomic mass is 10.1. The molecule has 1 aliphatic rings. The van der Waals surface area contributed by atoms with Crippen LogP contribution in [0.25, 0.3) is 0 Å². The van der Waals surface area contributed by atoms with Gasteiger partial charge in [0.25, 0.3) is 5.91 Å². The van der Waals surface area contributed by atoms with Gasteiger partial charge >= 0.3 is 0 Å². The summed E-state index contributed by atoms with van der Waals surface area (Å²) in [6.45, 7) is 5.61. The molecule has 1 fully saturated rings. The van der Waals surface area contributed by atoms with E-state index in [1.54, 1.807) is 7.11 Å². The Morgan fingerprint density at radius 3 is 2.66 bits per heavy atom. The van der Waals surface area contributed by atoms with Crippen LogP contribution in [0, 0.1) is 6.92 Å². The van der Waals surface area contributed by atoms with E-state index in [0.29, 0.717) is 32.7 Å². The van der Waals surface area contributed by atoms with Gasteiger partial charge in [0, 0.05) is 43.9 Å². The van der Waals surface area contributed by atoms with Gasteiger partial charge in [-0.05, 0) is 31.5 Å². The first-order valence-electron chi connectivity index (χ1n) is 10.0. The summed E-state index contributed by atoms with van der Waals surface area (Å²) in [6.07, 6.45) is 0.858. The third-order valence-electron chi connectivity index (χ3n) is 5.18. The monoisotopic (exact) mass is 395 g/mol. The normalized spacial score (nSPS) is 14.9. The fraction of sp³-hybridized carbons (Fsp3) is 0.391. The van der Waals surface area contributed by atoms with E-state index in [1.807, 2.05) is 60.4 Å². The molecule has 0 spiro atoms. The highest BCUT2D eigenvalue weighted by Crippen LogP contribution is 2.16. The van der Waals surface area contributed by atoms with Crippen molar-refractivity contribution in [2.24, 2.45) is 0 Å². The second-order valence-electron chi connectivity index (χ2n) is 7.38. The quantitative estimate of drug-likeness (QED) is 0.816. The van der Waals surface area contributed by atoms with Gasteiger partial charge in [-0.3, -0.25) is 14.5 Å². The SMILES string of the molecule is COc1ccccc1CNC(=O)CN1CCCN(C(=O)c2cccc(C)c2)CC1. The van der Waals surface area contributed by atoms with Crippen molar-refractivity contribution in [1.82, 2.24) is 15.1 Å². The Hall–Kier alpha value is -2.86. The molecule has 1 heterocycles. The molecule has 3 rings (SSSR count). The van der Waals surface area contributed by atoms with Crippen molar-refractivity contribution in [1.29, 1.82) is 0 Å². The fourth-order valence-corrected chi connectivity index (χ4v) is 3.59. The Kier molecular flexibility index (Phi) is 7.25. The molecule has 1 aliphatic heterocycles. The molecular formula is C23H29N3O3. The predicted octanol–water partition coefficient (Wildman–Crippen LogP) is 2.47. The average molecular weight is 396 g/mol. The first-order valence-corrected chi connectivity index (χ1v) is 10.0. The van der Waals surface area contributed by atoms with Gasteiger partial charge in [0.05, 0.1) is 13.7 Å². The van der Waals surface area contributed by atoms with Crippen LogP contribution in [0.5, 0.6) is 5.75 Å². The molecule has 0 radical (unpaired) electrons. The van der Waals surface area contributed by atoms with Crippen molar-refractivity contribution < 1.29 is 14.3 Å². The van der Waals surface area contributed by atoms with Gasteiger partial charge in [-0.2, -0.15) is 0 Å². The number of hydrogen-bond donors (Lipinski definition) is 1. The third-order valence-corrected chi connectivity index (χ3v) is 5.18. The number of ether oxygens (including phenoxy) is 1. The Balaban J connectivity index is 1.49. The van der Waals surface area contributed by atoms with Crippen molar-refractivity contribution >= 4 is 11.8 Å². The van der Waals surface area contributed by atoms with Gasteiger partial charge < -0.3 is 15.0 Å². The minimum absolute atomic E-state index is 0.0191. The number of aryl methyl sites for hydroxylation is 1. The minimum atomic E-state index is -0.0191. The Bertz CT molecular complexity index is 853. The molecule has 2 aromatic rings. The topological polar surface area (TPSA) is 61.9 Å². The van der Waals surface area contributed by atoms with E-state index in [0.717, 1.165) is 35.4 Å². The van der Waals surface area contributed by atoms with E-state index in [2.05, 4.69) is 10.2 Å². The number of rotatable bonds is 6. The van der Waals surface area contributed by atoms with Crippen LogP contribution < -0.4 is 10.1 Å². The molecule has 2 amide bonds. The maximum absolute atomic E-state index is 12.8. The van der Waals surface area contributed by atoms with E-state index in [9.17, 15) is 9.59 Å². The van der Waals surface area contributed by atoms with Gasteiger partial charge in [0.15, 0.2) is 0 Å². The van der Waals surface area contributed by atoms with Crippen molar-refractivity contribution in [3.8, 4) is 5.75 Å². The summed E-state index contributed by atoms with van der Waals surface area (Å²) >= 11 is 0. The van der Waals surface area contributed by atoms with Gasteiger partial charge in [0.1, 0.15) is 5.75 Å². The molecule has 0 bridgehead atoms. The molecule has 6 heteroatoms. The smallest absolute Gasteiger partial charge is 0.253 e. The van der Waals surface area contributed by atoms with Crippen molar-refractivity contribution in [2.45, 2.75) is 19.9 Å². The molecule has 154 valence electrons. The van der Waals surface area contributed by atoms with Crippen LogP contribution in [0.15, 0.2) is 48.5 Å². The lowest BCUT2D eigenvalue weighted by Gasteiger charge is -2.22. The maximum Gasteiger partial charge on any atom is 0.253 e. The average Bonchev–Trinajstić information content (AvgIpc) is 2.97. The van der Waals surface area contributed by atoms with E-state index in [4.69, 9.17) is 4.74 Å². The first kappa shape index (κ1) is 20.9. The predicted molar refractivity (Wildman–Crippen MR) is 113 cm³/mol. The minimum Gasteiger partial charge on any atom is -0.496 e. The number of nitrogens with zero attached hydrogens (tertiary/aromatic N) is 2. The summed E-state index contributed by atoms with van der Waals surface area (Å²) in [5.41, 5.74) is 2.76. The zero-order valence-electron chi connectivity index (χ0n) is 17.2. The second-order valence-corrected chi connectivity index (χ2v) is 7.38. The number of para-hydroxylation sites is 1. The second kappa shape index (κ2) is 10.1. The van der Waals surface area contributed by atoms with Crippen LogP contribution in [-0.4, -0.2) is 61.4 Å². The van der Waals surface area contributed by atoms with E-state index in [1.165, 1.54) is 0 Å². The Labute approximate surface area is 172 Å². The van der Waals surface area contributed by atoms with Crippen LogP contribution in [0.2, 0.25) is 0 Å². The zero-order chi connectivity index (χ0) is 20.6. The summed E-state index contributed by atoms with van der Waals surface area (Å²) in [5, 5.41) is 2.97. The number of nitrogens with one attached hydrogen (secondary N) is 1.